The van der Waals surface area contributed by atoms with E-state index in [-0.39, 0.29) is 5.82 Å². The molecule has 112 valence electrons. The van der Waals surface area contributed by atoms with E-state index < -0.39 is 0 Å². The molecule has 1 saturated carbocycles. The van der Waals surface area contributed by atoms with Gasteiger partial charge in [-0.3, -0.25) is 4.68 Å². The molecular formula is C16H21FN4. The van der Waals surface area contributed by atoms with Crippen molar-refractivity contribution < 1.29 is 4.39 Å². The van der Waals surface area contributed by atoms with Crippen LogP contribution in [0, 0.1) is 5.82 Å². The van der Waals surface area contributed by atoms with Gasteiger partial charge in [0.2, 0.25) is 0 Å². The lowest BCUT2D eigenvalue weighted by atomic mass is 10.1. The van der Waals surface area contributed by atoms with Crippen molar-refractivity contribution in [2.75, 3.05) is 11.9 Å². The first-order valence-corrected chi connectivity index (χ1v) is 7.33. The van der Waals surface area contributed by atoms with Gasteiger partial charge in [0.25, 0.3) is 0 Å². The fourth-order valence-corrected chi connectivity index (χ4v) is 2.58. The molecule has 1 fully saturated rings. The van der Waals surface area contributed by atoms with Gasteiger partial charge in [0.15, 0.2) is 0 Å². The summed E-state index contributed by atoms with van der Waals surface area (Å²) in [5, 5.41) is 7.61. The first-order chi connectivity index (χ1) is 10.1. The van der Waals surface area contributed by atoms with E-state index in [1.54, 1.807) is 10.7 Å². The maximum atomic E-state index is 14.3. The van der Waals surface area contributed by atoms with Gasteiger partial charge in [0, 0.05) is 45.0 Å². The van der Waals surface area contributed by atoms with Gasteiger partial charge in [0.05, 0.1) is 11.9 Å². The Hall–Kier alpha value is -1.88. The number of halogens is 1. The molecule has 1 aromatic carbocycles. The zero-order chi connectivity index (χ0) is 14.8. The number of para-hydroxylation sites is 1. The minimum atomic E-state index is -0.170. The lowest BCUT2D eigenvalue weighted by Gasteiger charge is -2.23. The highest BCUT2D eigenvalue weighted by Gasteiger charge is 2.21. The van der Waals surface area contributed by atoms with Crippen molar-refractivity contribution in [2.24, 2.45) is 7.05 Å². The van der Waals surface area contributed by atoms with E-state index in [1.165, 1.54) is 18.9 Å². The van der Waals surface area contributed by atoms with Gasteiger partial charge < -0.3 is 10.2 Å². The first kappa shape index (κ1) is 14.1. The van der Waals surface area contributed by atoms with Crippen LogP contribution in [0.25, 0.3) is 0 Å². The lowest BCUT2D eigenvalue weighted by molar-refractivity contribution is 0.613. The molecule has 0 saturated heterocycles. The van der Waals surface area contributed by atoms with Gasteiger partial charge >= 0.3 is 0 Å². The van der Waals surface area contributed by atoms with Gasteiger partial charge in [-0.2, -0.15) is 5.10 Å². The molecule has 1 aromatic heterocycles. The molecule has 0 amide bonds. The Bertz CT molecular complexity index is 618. The third-order valence-corrected chi connectivity index (χ3v) is 3.79. The van der Waals surface area contributed by atoms with Crippen LogP contribution < -0.4 is 10.2 Å². The van der Waals surface area contributed by atoms with Crippen LogP contribution in [0.1, 0.15) is 24.0 Å². The van der Waals surface area contributed by atoms with Crippen molar-refractivity contribution in [3.63, 3.8) is 0 Å². The molecule has 0 bridgehead atoms. The summed E-state index contributed by atoms with van der Waals surface area (Å²) in [6.45, 7) is 1.36. The zero-order valence-electron chi connectivity index (χ0n) is 12.5. The Morgan fingerprint density at radius 2 is 2.24 bits per heavy atom. The number of benzene rings is 1. The molecule has 21 heavy (non-hydrogen) atoms. The predicted molar refractivity (Wildman–Crippen MR) is 81.6 cm³/mol. The molecule has 0 aliphatic heterocycles. The fraction of sp³-hybridized carbons (Fsp3) is 0.438. The predicted octanol–water partition coefficient (Wildman–Crippen LogP) is 2.45. The standard InChI is InChI=1S/C16H21FN4/c1-20(10-12-8-19-21(2)11-12)16-13(4-3-5-15(16)17)9-18-14-6-7-14/h3-5,8,11,14,18H,6-7,9-10H2,1-2H3. The maximum absolute atomic E-state index is 14.3. The highest BCUT2D eigenvalue weighted by molar-refractivity contribution is 5.54. The van der Waals surface area contributed by atoms with Crippen LogP contribution in [0.3, 0.4) is 0 Å². The molecule has 0 atom stereocenters. The molecule has 1 aliphatic rings. The molecular weight excluding hydrogens is 267 g/mol. The Morgan fingerprint density at radius 3 is 2.90 bits per heavy atom. The lowest BCUT2D eigenvalue weighted by Crippen LogP contribution is -2.22. The van der Waals surface area contributed by atoms with Crippen LogP contribution >= 0.6 is 0 Å². The monoisotopic (exact) mass is 288 g/mol. The molecule has 1 heterocycles. The van der Waals surface area contributed by atoms with E-state index >= 15 is 0 Å². The quantitative estimate of drug-likeness (QED) is 0.886. The highest BCUT2D eigenvalue weighted by atomic mass is 19.1. The molecule has 2 aromatic rings. The third kappa shape index (κ3) is 3.42. The van der Waals surface area contributed by atoms with E-state index in [0.29, 0.717) is 18.3 Å². The van der Waals surface area contributed by atoms with Crippen LogP contribution in [0.2, 0.25) is 0 Å². The number of anilines is 1. The van der Waals surface area contributed by atoms with Crippen LogP contribution in [-0.2, 0) is 20.1 Å². The summed E-state index contributed by atoms with van der Waals surface area (Å²) in [5.41, 5.74) is 2.76. The average molecular weight is 288 g/mol. The van der Waals surface area contributed by atoms with Gasteiger partial charge in [-0.15, -0.1) is 0 Å². The Balaban J connectivity index is 1.77. The van der Waals surface area contributed by atoms with Crippen molar-refractivity contribution in [3.05, 3.63) is 47.5 Å². The topological polar surface area (TPSA) is 33.1 Å². The number of hydrogen-bond acceptors (Lipinski definition) is 3. The summed E-state index contributed by atoms with van der Waals surface area (Å²) in [7, 11) is 3.81. The average Bonchev–Trinajstić information content (AvgIpc) is 3.19. The van der Waals surface area contributed by atoms with Crippen molar-refractivity contribution in [2.45, 2.75) is 32.0 Å². The minimum absolute atomic E-state index is 0.170. The van der Waals surface area contributed by atoms with Gasteiger partial charge in [-0.05, 0) is 24.5 Å². The summed E-state index contributed by atoms with van der Waals surface area (Å²) in [6.07, 6.45) is 6.24. The molecule has 1 aliphatic carbocycles. The van der Waals surface area contributed by atoms with Crippen molar-refractivity contribution in [1.29, 1.82) is 0 Å². The van der Waals surface area contributed by atoms with E-state index in [9.17, 15) is 4.39 Å². The normalized spacial score (nSPS) is 14.4. The van der Waals surface area contributed by atoms with E-state index in [0.717, 1.165) is 17.7 Å². The summed E-state index contributed by atoms with van der Waals surface area (Å²) in [5.74, 6) is -0.170. The largest absolute Gasteiger partial charge is 0.368 e. The molecule has 3 rings (SSSR count). The van der Waals surface area contributed by atoms with Gasteiger partial charge in [0.1, 0.15) is 5.82 Å². The van der Waals surface area contributed by atoms with E-state index in [4.69, 9.17) is 0 Å². The van der Waals surface area contributed by atoms with Gasteiger partial charge in [-0.1, -0.05) is 12.1 Å². The maximum Gasteiger partial charge on any atom is 0.146 e. The molecule has 0 unspecified atom stereocenters. The number of rotatable bonds is 6. The molecule has 0 radical (unpaired) electrons. The molecule has 5 heteroatoms. The Morgan fingerprint density at radius 1 is 1.43 bits per heavy atom. The smallest absolute Gasteiger partial charge is 0.146 e. The number of hydrogen-bond donors (Lipinski definition) is 1. The molecule has 0 spiro atoms. The van der Waals surface area contributed by atoms with Crippen LogP contribution in [-0.4, -0.2) is 22.9 Å². The highest BCUT2D eigenvalue weighted by Crippen LogP contribution is 2.26. The minimum Gasteiger partial charge on any atom is -0.368 e. The number of aryl methyl sites for hydroxylation is 1. The Labute approximate surface area is 124 Å². The summed E-state index contributed by atoms with van der Waals surface area (Å²) in [6, 6.07) is 5.91. The second-order valence-electron chi connectivity index (χ2n) is 5.78. The van der Waals surface area contributed by atoms with Crippen molar-refractivity contribution >= 4 is 5.69 Å². The van der Waals surface area contributed by atoms with Crippen LogP contribution in [0.4, 0.5) is 10.1 Å². The SMILES string of the molecule is CN(Cc1cnn(C)c1)c1c(F)cccc1CNC1CC1. The number of nitrogens with one attached hydrogen (secondary N) is 1. The van der Waals surface area contributed by atoms with Gasteiger partial charge in [-0.25, -0.2) is 4.39 Å². The molecule has 1 N–H and O–H groups in total. The van der Waals surface area contributed by atoms with Crippen LogP contribution in [0.15, 0.2) is 30.6 Å². The van der Waals surface area contributed by atoms with E-state index in [2.05, 4.69) is 10.4 Å². The van der Waals surface area contributed by atoms with Crippen molar-refractivity contribution in [1.82, 2.24) is 15.1 Å². The zero-order valence-corrected chi connectivity index (χ0v) is 12.5. The second-order valence-corrected chi connectivity index (χ2v) is 5.78. The summed E-state index contributed by atoms with van der Waals surface area (Å²) in [4.78, 5) is 1.95. The fourth-order valence-electron chi connectivity index (χ4n) is 2.58. The Kier molecular flexibility index (Phi) is 3.92. The number of nitrogens with zero attached hydrogens (tertiary/aromatic N) is 3. The molecule has 4 nitrogen and oxygen atoms in total. The second kappa shape index (κ2) is 5.85. The number of aromatic nitrogens is 2. The third-order valence-electron chi connectivity index (χ3n) is 3.79. The van der Waals surface area contributed by atoms with E-state index in [1.807, 2.05) is 37.5 Å². The first-order valence-electron chi connectivity index (χ1n) is 7.33. The summed E-state index contributed by atoms with van der Waals surface area (Å²) >= 11 is 0. The summed E-state index contributed by atoms with van der Waals surface area (Å²) < 4.78 is 16.0. The van der Waals surface area contributed by atoms with Crippen molar-refractivity contribution in [3.8, 4) is 0 Å². The van der Waals surface area contributed by atoms with Crippen LogP contribution in [0.5, 0.6) is 0 Å².